The van der Waals surface area contributed by atoms with Crippen molar-refractivity contribution in [1.29, 1.82) is 0 Å². The summed E-state index contributed by atoms with van der Waals surface area (Å²) in [5, 5.41) is -0.687. The summed E-state index contributed by atoms with van der Waals surface area (Å²) in [5.41, 5.74) is 0. The Bertz CT molecular complexity index is 525. The van der Waals surface area contributed by atoms with Crippen molar-refractivity contribution in [3.63, 3.8) is 0 Å². The van der Waals surface area contributed by atoms with Crippen molar-refractivity contribution in [2.24, 2.45) is 0 Å². The smallest absolute Gasteiger partial charge is 0.211 e. The molecule has 0 saturated carbocycles. The molecule has 0 saturated heterocycles. The van der Waals surface area contributed by atoms with Gasteiger partial charge in [-0.05, 0) is 29.4 Å². The van der Waals surface area contributed by atoms with E-state index in [1.807, 2.05) is 0 Å². The number of alkyl halides is 1. The second-order valence-corrected chi connectivity index (χ2v) is 7.07. The number of rotatable bonds is 6. The molecule has 8 heteroatoms. The Kier molecular flexibility index (Phi) is 6.60. The summed E-state index contributed by atoms with van der Waals surface area (Å²) in [6, 6.07) is 2.36. The molecule has 0 fully saturated rings. The van der Waals surface area contributed by atoms with Crippen LogP contribution in [0.4, 0.5) is 4.39 Å². The van der Waals surface area contributed by atoms with Crippen LogP contribution in [0.25, 0.3) is 0 Å². The van der Waals surface area contributed by atoms with E-state index in [0.29, 0.717) is 6.54 Å². The maximum atomic E-state index is 13.4. The SMILES string of the molecule is O=S(=O)(NCCCCI)c1ccc(Cl)c(F)c1Cl. The van der Waals surface area contributed by atoms with Gasteiger partial charge in [0.1, 0.15) is 4.90 Å². The normalized spacial score (nSPS) is 11.8. The average molecular weight is 426 g/mol. The summed E-state index contributed by atoms with van der Waals surface area (Å²) in [4.78, 5) is -0.291. The minimum atomic E-state index is -3.79. The van der Waals surface area contributed by atoms with Crippen LogP contribution in [0, 0.1) is 5.82 Å². The van der Waals surface area contributed by atoms with Gasteiger partial charge in [0.15, 0.2) is 5.82 Å². The number of sulfonamides is 1. The lowest BCUT2D eigenvalue weighted by Crippen LogP contribution is -2.25. The molecule has 0 amide bonds. The van der Waals surface area contributed by atoms with Gasteiger partial charge in [0.05, 0.1) is 10.0 Å². The molecule has 0 unspecified atom stereocenters. The maximum absolute atomic E-state index is 13.4. The van der Waals surface area contributed by atoms with Crippen molar-refractivity contribution < 1.29 is 12.8 Å². The average Bonchev–Trinajstić information content (AvgIpc) is 2.31. The van der Waals surface area contributed by atoms with Gasteiger partial charge < -0.3 is 0 Å². The highest BCUT2D eigenvalue weighted by atomic mass is 127. The predicted octanol–water partition coefficient (Wildman–Crippen LogP) is 3.63. The third kappa shape index (κ3) is 4.19. The van der Waals surface area contributed by atoms with Crippen molar-refractivity contribution in [2.75, 3.05) is 11.0 Å². The number of halogens is 4. The van der Waals surface area contributed by atoms with Crippen LogP contribution in [0.2, 0.25) is 10.0 Å². The zero-order chi connectivity index (χ0) is 13.8. The quantitative estimate of drug-likeness (QED) is 0.327. The molecule has 1 aromatic carbocycles. The first-order chi connectivity index (χ1) is 8.40. The molecule has 0 radical (unpaired) electrons. The van der Waals surface area contributed by atoms with Crippen LogP contribution in [-0.2, 0) is 10.0 Å². The monoisotopic (exact) mass is 425 g/mol. The maximum Gasteiger partial charge on any atom is 0.242 e. The largest absolute Gasteiger partial charge is 0.242 e. The highest BCUT2D eigenvalue weighted by molar-refractivity contribution is 14.1. The Morgan fingerprint density at radius 1 is 1.28 bits per heavy atom. The zero-order valence-electron chi connectivity index (χ0n) is 9.22. The molecular weight excluding hydrogens is 415 g/mol. The summed E-state index contributed by atoms with van der Waals surface area (Å²) < 4.78 is 40.5. The molecular formula is C10H11Cl2FINO2S. The Hall–Kier alpha value is 0.370. The second-order valence-electron chi connectivity index (χ2n) is 3.47. The molecule has 102 valence electrons. The molecule has 1 aromatic rings. The Balaban J connectivity index is 2.89. The summed E-state index contributed by atoms with van der Waals surface area (Å²) in [6.45, 7) is 0.298. The molecule has 0 aliphatic rings. The molecule has 0 aliphatic heterocycles. The number of benzene rings is 1. The molecule has 1 rings (SSSR count). The van der Waals surface area contributed by atoms with Crippen LogP contribution >= 0.6 is 45.8 Å². The molecule has 1 N–H and O–H groups in total. The van der Waals surface area contributed by atoms with Gasteiger partial charge >= 0.3 is 0 Å². The van der Waals surface area contributed by atoms with Crippen molar-refractivity contribution in [1.82, 2.24) is 4.72 Å². The van der Waals surface area contributed by atoms with Crippen molar-refractivity contribution in [3.05, 3.63) is 28.0 Å². The fourth-order valence-corrected chi connectivity index (χ4v) is 3.58. The summed E-state index contributed by atoms with van der Waals surface area (Å²) in [7, 11) is -3.79. The Morgan fingerprint density at radius 3 is 2.56 bits per heavy atom. The van der Waals surface area contributed by atoms with Crippen molar-refractivity contribution >= 4 is 55.8 Å². The number of hydrogen-bond acceptors (Lipinski definition) is 2. The first-order valence-corrected chi connectivity index (χ1v) is 8.85. The fourth-order valence-electron chi connectivity index (χ4n) is 1.22. The fraction of sp³-hybridized carbons (Fsp3) is 0.400. The van der Waals surface area contributed by atoms with Gasteiger partial charge in [-0.15, -0.1) is 0 Å². The van der Waals surface area contributed by atoms with Crippen molar-refractivity contribution in [2.45, 2.75) is 17.7 Å². The number of nitrogens with one attached hydrogen (secondary N) is 1. The van der Waals surface area contributed by atoms with Gasteiger partial charge in [-0.1, -0.05) is 45.8 Å². The van der Waals surface area contributed by atoms with E-state index in [1.54, 1.807) is 0 Å². The molecule has 0 heterocycles. The van der Waals surface area contributed by atoms with Gasteiger partial charge in [0, 0.05) is 6.54 Å². The number of hydrogen-bond donors (Lipinski definition) is 1. The van der Waals surface area contributed by atoms with Gasteiger partial charge in [-0.3, -0.25) is 0 Å². The highest BCUT2D eigenvalue weighted by Crippen LogP contribution is 2.29. The highest BCUT2D eigenvalue weighted by Gasteiger charge is 2.21. The topological polar surface area (TPSA) is 46.2 Å². The van der Waals surface area contributed by atoms with Gasteiger partial charge in [-0.2, -0.15) is 0 Å². The summed E-state index contributed by atoms with van der Waals surface area (Å²) >= 11 is 13.4. The molecule has 0 aliphatic carbocycles. The molecule has 18 heavy (non-hydrogen) atoms. The molecule has 0 atom stereocenters. The van der Waals surface area contributed by atoms with Crippen LogP contribution in [0.5, 0.6) is 0 Å². The van der Waals surface area contributed by atoms with Crippen molar-refractivity contribution in [3.8, 4) is 0 Å². The zero-order valence-corrected chi connectivity index (χ0v) is 13.7. The molecule has 0 spiro atoms. The van der Waals surface area contributed by atoms with E-state index >= 15 is 0 Å². The second kappa shape index (κ2) is 7.23. The van der Waals surface area contributed by atoms with Crippen LogP contribution in [-0.4, -0.2) is 19.4 Å². The summed E-state index contributed by atoms with van der Waals surface area (Å²) in [5.74, 6) is -0.923. The van der Waals surface area contributed by atoms with Gasteiger partial charge in [-0.25, -0.2) is 17.5 Å². The van der Waals surface area contributed by atoms with E-state index in [4.69, 9.17) is 23.2 Å². The third-order valence-corrected chi connectivity index (χ3v) is 5.18. The third-order valence-electron chi connectivity index (χ3n) is 2.14. The van der Waals surface area contributed by atoms with Crippen LogP contribution in [0.15, 0.2) is 17.0 Å². The van der Waals surface area contributed by atoms with E-state index in [0.717, 1.165) is 17.3 Å². The predicted molar refractivity (Wildman–Crippen MR) is 79.7 cm³/mol. The Labute approximate surface area is 129 Å². The lowest BCUT2D eigenvalue weighted by Gasteiger charge is -2.09. The Morgan fingerprint density at radius 2 is 1.94 bits per heavy atom. The molecule has 0 aromatic heterocycles. The molecule has 3 nitrogen and oxygen atoms in total. The standard InChI is InChI=1S/C10H11Cl2FINO2S/c11-7-3-4-8(9(12)10(7)13)18(16,17)15-6-2-1-5-14/h3-4,15H,1-2,5-6H2. The van der Waals surface area contributed by atoms with Crippen LogP contribution in [0.3, 0.4) is 0 Å². The van der Waals surface area contributed by atoms with E-state index in [9.17, 15) is 12.8 Å². The van der Waals surface area contributed by atoms with Crippen LogP contribution < -0.4 is 4.72 Å². The number of unbranched alkanes of at least 4 members (excludes halogenated alkanes) is 1. The van der Waals surface area contributed by atoms with E-state index < -0.39 is 20.9 Å². The van der Waals surface area contributed by atoms with E-state index in [2.05, 4.69) is 27.3 Å². The summed E-state index contributed by atoms with van der Waals surface area (Å²) in [6.07, 6.45) is 1.63. The lowest BCUT2D eigenvalue weighted by molar-refractivity contribution is 0.575. The minimum Gasteiger partial charge on any atom is -0.211 e. The van der Waals surface area contributed by atoms with Gasteiger partial charge in [0.2, 0.25) is 10.0 Å². The first-order valence-electron chi connectivity index (χ1n) is 5.09. The van der Waals surface area contributed by atoms with Crippen LogP contribution in [0.1, 0.15) is 12.8 Å². The molecule has 0 bridgehead atoms. The lowest BCUT2D eigenvalue weighted by atomic mass is 10.3. The first kappa shape index (κ1) is 16.4. The minimum absolute atomic E-state index is 0.205. The van der Waals surface area contributed by atoms with Gasteiger partial charge in [0.25, 0.3) is 0 Å². The van der Waals surface area contributed by atoms with E-state index in [1.165, 1.54) is 12.1 Å². The van der Waals surface area contributed by atoms with E-state index in [-0.39, 0.29) is 9.92 Å².